The molecule has 0 saturated heterocycles. The molecule has 3 N–H and O–H groups in total. The monoisotopic (exact) mass is 358 g/mol. The van der Waals surface area contributed by atoms with E-state index in [4.69, 9.17) is 10.4 Å². The lowest BCUT2D eigenvalue weighted by molar-refractivity contribution is -0.137. The summed E-state index contributed by atoms with van der Waals surface area (Å²) in [6.07, 6.45) is 0.791. The predicted molar refractivity (Wildman–Crippen MR) is 94.5 cm³/mol. The Morgan fingerprint density at radius 1 is 1.36 bits per heavy atom. The zero-order chi connectivity index (χ0) is 18.2. The zero-order valence-electron chi connectivity index (χ0n) is 13.7. The van der Waals surface area contributed by atoms with Crippen LogP contribution in [0.4, 0.5) is 9.80 Å². The summed E-state index contributed by atoms with van der Waals surface area (Å²) in [7, 11) is 0. The standard InChI is InChI=1S/C17H18N4O3S/c1-11-14(10-18)16(25-21-11)20-17(24)19-13(7-8-15(22)23)9-12-5-3-2-4-6-12/h2-6,13H,7-9H2,1H3,(H,22,23)(H2,19,20,24). The lowest BCUT2D eigenvalue weighted by Crippen LogP contribution is -2.39. The molecule has 1 aromatic carbocycles. The van der Waals surface area contributed by atoms with Gasteiger partial charge in [-0.2, -0.15) is 9.64 Å². The van der Waals surface area contributed by atoms with Crippen molar-refractivity contribution < 1.29 is 14.7 Å². The molecule has 0 aliphatic heterocycles. The van der Waals surface area contributed by atoms with Crippen LogP contribution in [0.15, 0.2) is 30.3 Å². The van der Waals surface area contributed by atoms with Crippen molar-refractivity contribution in [3.63, 3.8) is 0 Å². The number of rotatable bonds is 7. The van der Waals surface area contributed by atoms with Crippen molar-refractivity contribution in [2.24, 2.45) is 0 Å². The van der Waals surface area contributed by atoms with Gasteiger partial charge in [-0.25, -0.2) is 4.79 Å². The second-order valence-electron chi connectivity index (χ2n) is 5.50. The van der Waals surface area contributed by atoms with E-state index in [2.05, 4.69) is 15.0 Å². The molecule has 130 valence electrons. The number of aliphatic carboxylic acids is 1. The minimum absolute atomic E-state index is 0.0408. The van der Waals surface area contributed by atoms with Crippen LogP contribution < -0.4 is 10.6 Å². The summed E-state index contributed by atoms with van der Waals surface area (Å²) >= 11 is 1.04. The first-order valence-corrected chi connectivity index (χ1v) is 8.46. The predicted octanol–water partition coefficient (Wildman–Crippen LogP) is 2.92. The third-order valence-corrected chi connectivity index (χ3v) is 4.42. The number of carboxylic acids is 1. The van der Waals surface area contributed by atoms with Crippen molar-refractivity contribution in [3.05, 3.63) is 47.2 Å². The van der Waals surface area contributed by atoms with E-state index in [0.29, 0.717) is 29.1 Å². The van der Waals surface area contributed by atoms with Crippen molar-refractivity contribution >= 4 is 28.5 Å². The van der Waals surface area contributed by atoms with Crippen LogP contribution in [0.25, 0.3) is 0 Å². The molecule has 0 radical (unpaired) electrons. The van der Waals surface area contributed by atoms with Gasteiger partial charge in [0, 0.05) is 12.5 Å². The van der Waals surface area contributed by atoms with Crippen molar-refractivity contribution in [1.29, 1.82) is 5.26 Å². The highest BCUT2D eigenvalue weighted by molar-refractivity contribution is 7.10. The van der Waals surface area contributed by atoms with Gasteiger partial charge in [0.2, 0.25) is 0 Å². The fourth-order valence-corrected chi connectivity index (χ4v) is 3.08. The Morgan fingerprint density at radius 3 is 2.72 bits per heavy atom. The summed E-state index contributed by atoms with van der Waals surface area (Å²) in [6.45, 7) is 1.70. The average molecular weight is 358 g/mol. The van der Waals surface area contributed by atoms with Crippen molar-refractivity contribution in [2.45, 2.75) is 32.2 Å². The number of aromatic nitrogens is 1. The fraction of sp³-hybridized carbons (Fsp3) is 0.294. The zero-order valence-corrected chi connectivity index (χ0v) is 14.5. The van der Waals surface area contributed by atoms with Gasteiger partial charge in [0.25, 0.3) is 0 Å². The Hall–Kier alpha value is -2.92. The number of hydrogen-bond donors (Lipinski definition) is 3. The summed E-state index contributed by atoms with van der Waals surface area (Å²) in [6, 6.07) is 10.7. The molecule has 2 amide bonds. The molecular weight excluding hydrogens is 340 g/mol. The summed E-state index contributed by atoms with van der Waals surface area (Å²) in [5.41, 5.74) is 1.91. The first-order chi connectivity index (χ1) is 12.0. The maximum atomic E-state index is 12.2. The highest BCUT2D eigenvalue weighted by atomic mass is 32.1. The lowest BCUT2D eigenvalue weighted by atomic mass is 10.0. The van der Waals surface area contributed by atoms with Crippen LogP contribution in [0.2, 0.25) is 0 Å². The van der Waals surface area contributed by atoms with Crippen molar-refractivity contribution in [1.82, 2.24) is 9.69 Å². The minimum Gasteiger partial charge on any atom is -0.481 e. The maximum absolute atomic E-state index is 12.2. The highest BCUT2D eigenvalue weighted by Crippen LogP contribution is 2.23. The number of nitrogens with zero attached hydrogens (tertiary/aromatic N) is 2. The first-order valence-electron chi connectivity index (χ1n) is 7.69. The number of nitrogens with one attached hydrogen (secondary N) is 2. The summed E-state index contributed by atoms with van der Waals surface area (Å²) < 4.78 is 4.05. The van der Waals surface area contributed by atoms with Crippen LogP contribution in [-0.2, 0) is 11.2 Å². The van der Waals surface area contributed by atoms with E-state index in [-0.39, 0.29) is 12.5 Å². The SMILES string of the molecule is Cc1nsc(NC(=O)NC(CCC(=O)O)Cc2ccccc2)c1C#N. The molecule has 8 heteroatoms. The molecule has 0 aliphatic carbocycles. The van der Waals surface area contributed by atoms with Gasteiger partial charge in [0.15, 0.2) is 0 Å². The van der Waals surface area contributed by atoms with E-state index in [9.17, 15) is 9.59 Å². The Kier molecular flexibility index (Phi) is 6.48. The Morgan fingerprint density at radius 2 is 2.08 bits per heavy atom. The summed E-state index contributed by atoms with van der Waals surface area (Å²) in [5, 5.41) is 23.8. The topological polar surface area (TPSA) is 115 Å². The van der Waals surface area contributed by atoms with Gasteiger partial charge in [-0.3, -0.25) is 10.1 Å². The van der Waals surface area contributed by atoms with Crippen molar-refractivity contribution in [3.8, 4) is 6.07 Å². The lowest BCUT2D eigenvalue weighted by Gasteiger charge is -2.18. The van der Waals surface area contributed by atoms with E-state index in [1.807, 2.05) is 36.4 Å². The molecule has 0 spiro atoms. The van der Waals surface area contributed by atoms with Gasteiger partial charge < -0.3 is 10.4 Å². The number of aryl methyl sites for hydroxylation is 1. The molecule has 0 bridgehead atoms. The normalized spacial score (nSPS) is 11.4. The Balaban J connectivity index is 2.02. The van der Waals surface area contributed by atoms with Crippen LogP contribution in [0.5, 0.6) is 0 Å². The number of carbonyl (C=O) groups excluding carboxylic acids is 1. The molecule has 2 aromatic rings. The van der Waals surface area contributed by atoms with E-state index in [1.165, 1.54) is 0 Å². The summed E-state index contributed by atoms with van der Waals surface area (Å²) in [4.78, 5) is 23.1. The second kappa shape index (κ2) is 8.80. The van der Waals surface area contributed by atoms with Crippen LogP contribution in [0.1, 0.15) is 29.7 Å². The largest absolute Gasteiger partial charge is 0.481 e. The molecule has 1 heterocycles. The average Bonchev–Trinajstić information content (AvgIpc) is 2.93. The Bertz CT molecular complexity index is 783. The molecular formula is C17H18N4O3S. The molecule has 1 unspecified atom stereocenters. The quantitative estimate of drug-likeness (QED) is 0.704. The number of carboxylic acid groups (broad SMARTS) is 1. The van der Waals surface area contributed by atoms with Gasteiger partial charge in [-0.15, -0.1) is 0 Å². The van der Waals surface area contributed by atoms with Crippen LogP contribution in [0.3, 0.4) is 0 Å². The summed E-state index contributed by atoms with van der Waals surface area (Å²) in [5.74, 6) is -0.912. The van der Waals surface area contributed by atoms with Gasteiger partial charge in [0.05, 0.1) is 5.69 Å². The van der Waals surface area contributed by atoms with E-state index in [1.54, 1.807) is 6.92 Å². The van der Waals surface area contributed by atoms with E-state index < -0.39 is 12.0 Å². The molecule has 7 nitrogen and oxygen atoms in total. The molecule has 2 rings (SSSR count). The van der Waals surface area contributed by atoms with Crippen molar-refractivity contribution in [2.75, 3.05) is 5.32 Å². The minimum atomic E-state index is -0.912. The molecule has 0 aliphatic rings. The Labute approximate surface area is 149 Å². The van der Waals surface area contributed by atoms with Gasteiger partial charge >= 0.3 is 12.0 Å². The van der Waals surface area contributed by atoms with Crippen LogP contribution >= 0.6 is 11.5 Å². The number of benzene rings is 1. The number of carbonyl (C=O) groups is 2. The maximum Gasteiger partial charge on any atom is 0.320 e. The van der Waals surface area contributed by atoms with E-state index in [0.717, 1.165) is 17.1 Å². The van der Waals surface area contributed by atoms with Crippen LogP contribution in [-0.4, -0.2) is 27.5 Å². The second-order valence-corrected chi connectivity index (χ2v) is 6.27. The highest BCUT2D eigenvalue weighted by Gasteiger charge is 2.17. The number of anilines is 1. The third kappa shape index (κ3) is 5.58. The fourth-order valence-electron chi connectivity index (χ4n) is 2.33. The molecule has 25 heavy (non-hydrogen) atoms. The number of hydrogen-bond acceptors (Lipinski definition) is 5. The van der Waals surface area contributed by atoms with Gasteiger partial charge in [-0.05, 0) is 36.9 Å². The smallest absolute Gasteiger partial charge is 0.320 e. The molecule has 0 fully saturated rings. The van der Waals surface area contributed by atoms with Gasteiger partial charge in [-0.1, -0.05) is 30.3 Å². The number of nitriles is 1. The first kappa shape index (κ1) is 18.4. The van der Waals surface area contributed by atoms with E-state index >= 15 is 0 Å². The number of urea groups is 1. The molecule has 0 saturated carbocycles. The van der Waals surface area contributed by atoms with Gasteiger partial charge in [0.1, 0.15) is 16.6 Å². The molecule has 1 aromatic heterocycles. The third-order valence-electron chi connectivity index (χ3n) is 3.57. The molecule has 1 atom stereocenters. The van der Waals surface area contributed by atoms with Crippen LogP contribution in [0, 0.1) is 18.3 Å². The number of amides is 2.